The summed E-state index contributed by atoms with van der Waals surface area (Å²) in [7, 11) is 0. The Kier molecular flexibility index (Phi) is 5.32. The molecule has 0 spiro atoms. The lowest BCUT2D eigenvalue weighted by Crippen LogP contribution is -2.53. The lowest BCUT2D eigenvalue weighted by atomic mass is 10.2. The summed E-state index contributed by atoms with van der Waals surface area (Å²) in [6, 6.07) is 6.75. The summed E-state index contributed by atoms with van der Waals surface area (Å²) in [6.45, 7) is 5.06. The predicted molar refractivity (Wildman–Crippen MR) is 125 cm³/mol. The van der Waals surface area contributed by atoms with E-state index in [0.29, 0.717) is 54.2 Å². The molecule has 1 saturated heterocycles. The van der Waals surface area contributed by atoms with Crippen molar-refractivity contribution in [1.82, 2.24) is 34.6 Å². The topological polar surface area (TPSA) is 145 Å². The fourth-order valence-corrected chi connectivity index (χ4v) is 4.12. The van der Waals surface area contributed by atoms with Gasteiger partial charge in [-0.05, 0) is 26.0 Å². The van der Waals surface area contributed by atoms with E-state index in [0.717, 1.165) is 5.39 Å². The van der Waals surface area contributed by atoms with E-state index in [-0.39, 0.29) is 11.8 Å². The maximum absolute atomic E-state index is 11.4. The molecule has 0 radical (unpaired) electrons. The van der Waals surface area contributed by atoms with Crippen LogP contribution in [0, 0.1) is 6.92 Å². The van der Waals surface area contributed by atoms with Gasteiger partial charge in [0.05, 0.1) is 11.7 Å². The molecule has 3 N–H and O–H groups in total. The lowest BCUT2D eigenvalue weighted by Gasteiger charge is -2.39. The highest BCUT2D eigenvalue weighted by atomic mass is 16.4. The molecule has 1 atom stereocenters. The second-order valence-corrected chi connectivity index (χ2v) is 8.08. The van der Waals surface area contributed by atoms with Gasteiger partial charge < -0.3 is 25.3 Å². The van der Waals surface area contributed by atoms with E-state index in [2.05, 4.69) is 30.2 Å². The first-order valence-corrected chi connectivity index (χ1v) is 10.7. The molecule has 1 aromatic carbocycles. The van der Waals surface area contributed by atoms with Crippen LogP contribution in [0.5, 0.6) is 5.75 Å². The van der Waals surface area contributed by atoms with Crippen molar-refractivity contribution in [1.29, 1.82) is 0 Å². The van der Waals surface area contributed by atoms with E-state index in [9.17, 15) is 15.0 Å². The van der Waals surface area contributed by atoms with Gasteiger partial charge in [-0.3, -0.25) is 4.98 Å². The van der Waals surface area contributed by atoms with Crippen LogP contribution in [0.4, 0.5) is 22.2 Å². The summed E-state index contributed by atoms with van der Waals surface area (Å²) >= 11 is 0. The van der Waals surface area contributed by atoms with Gasteiger partial charge in [-0.25, -0.2) is 24.4 Å². The number of aryl methyl sites for hydroxylation is 1. The van der Waals surface area contributed by atoms with Gasteiger partial charge in [-0.2, -0.15) is 0 Å². The molecule has 5 rings (SSSR count). The number of nitrogens with zero attached hydrogens (tertiary/aromatic N) is 8. The molecule has 12 nitrogen and oxygen atoms in total. The number of nitrogens with one attached hydrogen (secondary N) is 1. The van der Waals surface area contributed by atoms with Crippen molar-refractivity contribution in [3.63, 3.8) is 0 Å². The molecule has 4 heterocycles. The quantitative estimate of drug-likeness (QED) is 0.414. The number of carboxylic acid groups (broad SMARTS) is 1. The van der Waals surface area contributed by atoms with Crippen LogP contribution in [0.15, 0.2) is 42.9 Å². The zero-order valence-corrected chi connectivity index (χ0v) is 18.6. The third-order valence-electron chi connectivity index (χ3n) is 5.69. The first kappa shape index (κ1) is 21.4. The molecule has 0 saturated carbocycles. The van der Waals surface area contributed by atoms with Crippen LogP contribution < -0.4 is 10.2 Å². The number of benzene rings is 1. The fraction of sp³-hybridized carbons (Fsp3) is 0.273. The maximum atomic E-state index is 11.4. The number of anilines is 3. The number of hydrogen-bond acceptors (Lipinski definition) is 9. The molecule has 0 bridgehead atoms. The van der Waals surface area contributed by atoms with Crippen LogP contribution >= 0.6 is 0 Å². The van der Waals surface area contributed by atoms with Gasteiger partial charge in [0.2, 0.25) is 0 Å². The Morgan fingerprint density at radius 3 is 2.71 bits per heavy atom. The smallest absolute Gasteiger partial charge is 0.407 e. The highest BCUT2D eigenvalue weighted by Gasteiger charge is 2.28. The number of fused-ring (bicyclic) bond motifs is 1. The summed E-state index contributed by atoms with van der Waals surface area (Å²) in [4.78, 5) is 32.3. The Morgan fingerprint density at radius 2 is 1.97 bits per heavy atom. The standard InChI is InChI=1S/C22H23N9O3/c1-13-12-29(22(33)34)7-8-30(13)19-10-20(26-14(2)25-19)31-17-9-15(32)3-4-16(17)21(28-31)27-18-11-23-5-6-24-18/h3-6,9-11,13,32H,7-8,12H2,1-2H3,(H,33,34)(H,24,27,28)/t13-/m0/s1. The third kappa shape index (κ3) is 4.00. The second kappa shape index (κ2) is 8.46. The Morgan fingerprint density at radius 1 is 1.15 bits per heavy atom. The van der Waals surface area contributed by atoms with Gasteiger partial charge in [-0.1, -0.05) is 0 Å². The van der Waals surface area contributed by atoms with E-state index >= 15 is 0 Å². The number of rotatable bonds is 4. The Bertz CT molecular complexity index is 1360. The molecule has 3 aromatic heterocycles. The maximum Gasteiger partial charge on any atom is 0.407 e. The van der Waals surface area contributed by atoms with Crippen LogP contribution in [0.2, 0.25) is 0 Å². The molecule has 1 fully saturated rings. The molecule has 174 valence electrons. The zero-order valence-electron chi connectivity index (χ0n) is 18.6. The van der Waals surface area contributed by atoms with Crippen molar-refractivity contribution in [3.8, 4) is 11.6 Å². The van der Waals surface area contributed by atoms with Crippen molar-refractivity contribution < 1.29 is 15.0 Å². The number of aromatic nitrogens is 6. The average Bonchev–Trinajstić information content (AvgIpc) is 3.16. The van der Waals surface area contributed by atoms with E-state index in [4.69, 9.17) is 5.10 Å². The van der Waals surface area contributed by atoms with Gasteiger partial charge in [0, 0.05) is 55.6 Å². The molecule has 4 aromatic rings. The molecule has 12 heteroatoms. The van der Waals surface area contributed by atoms with Crippen molar-refractivity contribution in [3.05, 3.63) is 48.7 Å². The lowest BCUT2D eigenvalue weighted by molar-refractivity contribution is 0.136. The van der Waals surface area contributed by atoms with Crippen LogP contribution in [0.1, 0.15) is 12.7 Å². The first-order valence-electron chi connectivity index (χ1n) is 10.7. The molecule has 1 amide bonds. The van der Waals surface area contributed by atoms with Gasteiger partial charge in [0.15, 0.2) is 11.6 Å². The second-order valence-electron chi connectivity index (χ2n) is 8.08. The first-order chi connectivity index (χ1) is 16.4. The molecule has 0 aliphatic carbocycles. The fourth-order valence-electron chi connectivity index (χ4n) is 4.12. The summed E-state index contributed by atoms with van der Waals surface area (Å²) in [5.41, 5.74) is 0.652. The highest BCUT2D eigenvalue weighted by molar-refractivity contribution is 5.93. The van der Waals surface area contributed by atoms with Crippen LogP contribution in [0.3, 0.4) is 0 Å². The van der Waals surface area contributed by atoms with E-state index in [1.807, 2.05) is 13.0 Å². The molecule has 1 aliphatic rings. The minimum Gasteiger partial charge on any atom is -0.508 e. The van der Waals surface area contributed by atoms with Crippen molar-refractivity contribution >= 4 is 34.4 Å². The summed E-state index contributed by atoms with van der Waals surface area (Å²) < 4.78 is 1.64. The van der Waals surface area contributed by atoms with Gasteiger partial charge in [0.1, 0.15) is 23.2 Å². The molecular weight excluding hydrogens is 438 g/mol. The molecule has 1 aliphatic heterocycles. The number of amides is 1. The third-order valence-corrected chi connectivity index (χ3v) is 5.69. The van der Waals surface area contributed by atoms with E-state index in [1.54, 1.807) is 48.4 Å². The van der Waals surface area contributed by atoms with Gasteiger partial charge in [-0.15, -0.1) is 5.10 Å². The minimum absolute atomic E-state index is 0.0562. The van der Waals surface area contributed by atoms with Gasteiger partial charge in [0.25, 0.3) is 0 Å². The largest absolute Gasteiger partial charge is 0.508 e. The minimum atomic E-state index is -0.919. The zero-order chi connectivity index (χ0) is 23.8. The van der Waals surface area contributed by atoms with E-state index < -0.39 is 6.09 Å². The average molecular weight is 461 g/mol. The van der Waals surface area contributed by atoms with Crippen LogP contribution in [0.25, 0.3) is 16.7 Å². The predicted octanol–water partition coefficient (Wildman–Crippen LogP) is 2.55. The molecular formula is C22H23N9O3. The van der Waals surface area contributed by atoms with Crippen molar-refractivity contribution in [2.45, 2.75) is 19.9 Å². The van der Waals surface area contributed by atoms with Crippen molar-refractivity contribution in [2.75, 3.05) is 29.9 Å². The summed E-state index contributed by atoms with van der Waals surface area (Å²) in [5.74, 6) is 2.94. The highest BCUT2D eigenvalue weighted by Crippen LogP contribution is 2.31. The number of carbonyl (C=O) groups is 1. The van der Waals surface area contributed by atoms with Crippen LogP contribution in [-0.4, -0.2) is 76.6 Å². The van der Waals surface area contributed by atoms with E-state index in [1.165, 1.54) is 4.90 Å². The number of aromatic hydroxyl groups is 1. The Balaban J connectivity index is 1.56. The monoisotopic (exact) mass is 461 g/mol. The number of phenolic OH excluding ortho intramolecular Hbond substituents is 1. The van der Waals surface area contributed by atoms with Crippen LogP contribution in [-0.2, 0) is 0 Å². The number of phenols is 1. The number of piperazine rings is 1. The summed E-state index contributed by atoms with van der Waals surface area (Å²) in [6.07, 6.45) is 3.84. The Hall–Kier alpha value is -4.48. The number of hydrogen-bond donors (Lipinski definition) is 3. The summed E-state index contributed by atoms with van der Waals surface area (Å²) in [5, 5.41) is 28.1. The Labute approximate surface area is 194 Å². The van der Waals surface area contributed by atoms with Crippen molar-refractivity contribution in [2.24, 2.45) is 0 Å². The van der Waals surface area contributed by atoms with Gasteiger partial charge >= 0.3 is 6.09 Å². The molecule has 34 heavy (non-hydrogen) atoms. The molecule has 0 unspecified atom stereocenters. The SMILES string of the molecule is Cc1nc(N2CCN(C(=O)O)C[C@@H]2C)cc(-n2nc(Nc3cnccn3)c3ccc(O)cc32)n1. The normalized spacial score (nSPS) is 16.1.